The summed E-state index contributed by atoms with van der Waals surface area (Å²) in [6.07, 6.45) is 0.485. The highest BCUT2D eigenvalue weighted by Gasteiger charge is 2.04. The maximum absolute atomic E-state index is 10.4. The van der Waals surface area contributed by atoms with Crippen LogP contribution in [0, 0.1) is 0 Å². The summed E-state index contributed by atoms with van der Waals surface area (Å²) in [7, 11) is 0. The van der Waals surface area contributed by atoms with E-state index in [0.29, 0.717) is 12.2 Å². The van der Waals surface area contributed by atoms with Gasteiger partial charge in [0.05, 0.1) is 5.97 Å². The van der Waals surface area contributed by atoms with E-state index >= 15 is 0 Å². The van der Waals surface area contributed by atoms with Crippen molar-refractivity contribution < 1.29 is 14.6 Å². The Morgan fingerprint density at radius 1 is 1.53 bits per heavy atom. The van der Waals surface area contributed by atoms with Gasteiger partial charge in [-0.1, -0.05) is 18.2 Å². The summed E-state index contributed by atoms with van der Waals surface area (Å²) in [5.74, 6) is -0.785. The van der Waals surface area contributed by atoms with Crippen LogP contribution in [0.15, 0.2) is 29.4 Å². The van der Waals surface area contributed by atoms with Crippen molar-refractivity contribution in [3.63, 3.8) is 0 Å². The minimum absolute atomic E-state index is 0.0841. The number of nitrogens with zero attached hydrogens (tertiary/aromatic N) is 1. The fourth-order valence-electron chi connectivity index (χ4n) is 1.39. The van der Waals surface area contributed by atoms with Gasteiger partial charge in [0.1, 0.15) is 12.4 Å². The van der Waals surface area contributed by atoms with Crippen LogP contribution < -0.4 is 21.0 Å². The third-order valence-corrected chi connectivity index (χ3v) is 2.21. The standard InChI is InChI=1S/C12H15N3O3S/c1-8(14-15-12(13)19)6-9-4-2-3-5-10(9)18-7-11(16)17/h2-5H,6-7H2,1H3,(H,16,17)(H3,13,15,19)/p-1/b14-8-. The molecule has 0 spiro atoms. The van der Waals surface area contributed by atoms with E-state index in [2.05, 4.69) is 22.7 Å². The minimum Gasteiger partial charge on any atom is -0.546 e. The maximum Gasteiger partial charge on any atom is 0.184 e. The van der Waals surface area contributed by atoms with Crippen molar-refractivity contribution in [1.82, 2.24) is 5.43 Å². The van der Waals surface area contributed by atoms with Gasteiger partial charge in [0.15, 0.2) is 5.11 Å². The molecule has 1 rings (SSSR count). The Kier molecular flexibility index (Phi) is 5.74. The van der Waals surface area contributed by atoms with Crippen molar-refractivity contribution in [3.8, 4) is 5.75 Å². The summed E-state index contributed by atoms with van der Waals surface area (Å²) in [5.41, 5.74) is 9.30. The second-order valence-corrected chi connectivity index (χ2v) is 4.21. The number of rotatable bonds is 6. The number of benzene rings is 1. The number of ether oxygens (including phenoxy) is 1. The van der Waals surface area contributed by atoms with Crippen LogP contribution in [0.5, 0.6) is 5.75 Å². The van der Waals surface area contributed by atoms with Crippen LogP contribution in [0.2, 0.25) is 0 Å². The van der Waals surface area contributed by atoms with E-state index in [0.717, 1.165) is 11.3 Å². The van der Waals surface area contributed by atoms with Crippen LogP contribution in [0.3, 0.4) is 0 Å². The molecule has 0 heterocycles. The van der Waals surface area contributed by atoms with E-state index in [9.17, 15) is 9.90 Å². The predicted octanol–water partition coefficient (Wildman–Crippen LogP) is -0.433. The molecule has 1 aromatic rings. The zero-order chi connectivity index (χ0) is 14.3. The van der Waals surface area contributed by atoms with Crippen molar-refractivity contribution in [3.05, 3.63) is 29.8 Å². The lowest BCUT2D eigenvalue weighted by Gasteiger charge is -2.11. The second kappa shape index (κ2) is 7.32. The molecule has 0 aliphatic heterocycles. The number of nitrogens with one attached hydrogen (secondary N) is 1. The Bertz CT molecular complexity index is 503. The lowest BCUT2D eigenvalue weighted by atomic mass is 10.1. The van der Waals surface area contributed by atoms with E-state index < -0.39 is 12.6 Å². The number of carbonyl (C=O) groups is 1. The number of thiocarbonyl (C=S) groups is 1. The Morgan fingerprint density at radius 3 is 2.84 bits per heavy atom. The van der Waals surface area contributed by atoms with Gasteiger partial charge in [-0.2, -0.15) is 5.10 Å². The van der Waals surface area contributed by atoms with E-state index in [1.54, 1.807) is 19.1 Å². The quantitative estimate of drug-likeness (QED) is 0.416. The average Bonchev–Trinajstić information content (AvgIpc) is 2.35. The van der Waals surface area contributed by atoms with Crippen LogP contribution in [-0.4, -0.2) is 23.4 Å². The van der Waals surface area contributed by atoms with Gasteiger partial charge in [0.25, 0.3) is 0 Å². The van der Waals surface area contributed by atoms with Crippen LogP contribution in [0.1, 0.15) is 12.5 Å². The zero-order valence-corrected chi connectivity index (χ0v) is 11.2. The number of hydrogen-bond donors (Lipinski definition) is 2. The number of hydrazone groups is 1. The summed E-state index contributed by atoms with van der Waals surface area (Å²) in [6, 6.07) is 7.10. The molecule has 0 amide bonds. The van der Waals surface area contributed by atoms with Gasteiger partial charge in [-0.05, 0) is 30.8 Å². The van der Waals surface area contributed by atoms with Gasteiger partial charge < -0.3 is 20.4 Å². The Labute approximate surface area is 116 Å². The molecular weight excluding hydrogens is 266 g/mol. The van der Waals surface area contributed by atoms with Crippen molar-refractivity contribution in [2.75, 3.05) is 6.61 Å². The fraction of sp³-hybridized carbons (Fsp3) is 0.250. The van der Waals surface area contributed by atoms with Crippen LogP contribution in [-0.2, 0) is 11.2 Å². The molecule has 0 atom stereocenters. The first kappa shape index (κ1) is 14.9. The number of carboxylic acid groups (broad SMARTS) is 1. The predicted molar refractivity (Wildman–Crippen MR) is 73.7 cm³/mol. The SMILES string of the molecule is C/C(Cc1ccccc1OCC(=O)[O-])=N/NC(N)=S. The van der Waals surface area contributed by atoms with Crippen LogP contribution in [0.25, 0.3) is 0 Å². The van der Waals surface area contributed by atoms with E-state index in [1.807, 2.05) is 12.1 Å². The summed E-state index contributed by atoms with van der Waals surface area (Å²) in [4.78, 5) is 10.4. The molecule has 0 aromatic heterocycles. The molecule has 0 unspecified atom stereocenters. The molecule has 3 N–H and O–H groups in total. The van der Waals surface area contributed by atoms with E-state index in [1.165, 1.54) is 0 Å². The first-order chi connectivity index (χ1) is 8.99. The van der Waals surface area contributed by atoms with Crippen molar-refractivity contribution in [2.24, 2.45) is 10.8 Å². The molecule has 0 radical (unpaired) electrons. The number of nitrogens with two attached hydrogens (primary N) is 1. The first-order valence-electron chi connectivity index (χ1n) is 5.48. The largest absolute Gasteiger partial charge is 0.546 e. The fourth-order valence-corrected chi connectivity index (χ4v) is 1.44. The first-order valence-corrected chi connectivity index (χ1v) is 5.89. The maximum atomic E-state index is 10.4. The molecule has 0 saturated heterocycles. The highest BCUT2D eigenvalue weighted by Crippen LogP contribution is 2.18. The molecule has 7 heteroatoms. The summed E-state index contributed by atoms with van der Waals surface area (Å²) in [6.45, 7) is 1.30. The van der Waals surface area contributed by atoms with Crippen molar-refractivity contribution in [2.45, 2.75) is 13.3 Å². The highest BCUT2D eigenvalue weighted by atomic mass is 32.1. The van der Waals surface area contributed by atoms with Crippen molar-refractivity contribution in [1.29, 1.82) is 0 Å². The molecule has 0 aliphatic rings. The Morgan fingerprint density at radius 2 is 2.21 bits per heavy atom. The molecule has 102 valence electrons. The second-order valence-electron chi connectivity index (χ2n) is 3.77. The summed E-state index contributed by atoms with van der Waals surface area (Å²) in [5, 5.41) is 14.4. The molecular formula is C12H14N3O3S-. The van der Waals surface area contributed by atoms with Crippen LogP contribution >= 0.6 is 12.2 Å². The van der Waals surface area contributed by atoms with E-state index in [-0.39, 0.29) is 5.11 Å². The van der Waals surface area contributed by atoms with Crippen LogP contribution in [0.4, 0.5) is 0 Å². The normalized spacial score (nSPS) is 10.9. The highest BCUT2D eigenvalue weighted by molar-refractivity contribution is 7.80. The summed E-state index contributed by atoms with van der Waals surface area (Å²) >= 11 is 4.64. The number of para-hydroxylation sites is 1. The van der Waals surface area contributed by atoms with Gasteiger partial charge in [-0.25, -0.2) is 0 Å². The molecule has 0 bridgehead atoms. The number of aliphatic carboxylic acids is 1. The molecule has 0 saturated carbocycles. The number of carbonyl (C=O) groups excluding carboxylic acids is 1. The van der Waals surface area contributed by atoms with E-state index in [4.69, 9.17) is 10.5 Å². The molecule has 6 nitrogen and oxygen atoms in total. The van der Waals surface area contributed by atoms with Gasteiger partial charge in [0, 0.05) is 12.1 Å². The van der Waals surface area contributed by atoms with Crippen molar-refractivity contribution >= 4 is 29.0 Å². The number of carboxylic acids is 1. The van der Waals surface area contributed by atoms with Gasteiger partial charge in [-0.3, -0.25) is 5.43 Å². The smallest absolute Gasteiger partial charge is 0.184 e. The molecule has 19 heavy (non-hydrogen) atoms. The molecule has 0 aliphatic carbocycles. The molecule has 0 fully saturated rings. The third kappa shape index (κ3) is 5.82. The monoisotopic (exact) mass is 280 g/mol. The summed E-state index contributed by atoms with van der Waals surface area (Å²) < 4.78 is 5.14. The minimum atomic E-state index is -1.27. The molecule has 1 aromatic carbocycles. The lowest BCUT2D eigenvalue weighted by Crippen LogP contribution is -2.29. The Balaban J connectivity index is 2.74. The Hall–Kier alpha value is -2.15. The zero-order valence-electron chi connectivity index (χ0n) is 10.4. The van der Waals surface area contributed by atoms with Gasteiger partial charge in [0.2, 0.25) is 0 Å². The van der Waals surface area contributed by atoms with Gasteiger partial charge in [-0.15, -0.1) is 0 Å². The number of hydrogen-bond acceptors (Lipinski definition) is 5. The topological polar surface area (TPSA) is 99.8 Å². The average molecular weight is 280 g/mol. The lowest BCUT2D eigenvalue weighted by molar-refractivity contribution is -0.307. The third-order valence-electron chi connectivity index (χ3n) is 2.12. The van der Waals surface area contributed by atoms with Gasteiger partial charge >= 0.3 is 0 Å².